The molecule has 32 heavy (non-hydrogen) atoms. The number of carbonyl (C=O) groups excluding carboxylic acids is 1. The maximum atomic E-state index is 13.1. The third-order valence-electron chi connectivity index (χ3n) is 5.88. The van der Waals surface area contributed by atoms with E-state index < -0.39 is 0 Å². The van der Waals surface area contributed by atoms with Crippen LogP contribution in [-0.4, -0.2) is 40.6 Å². The molecule has 1 aliphatic carbocycles. The van der Waals surface area contributed by atoms with Gasteiger partial charge in [-0.05, 0) is 36.6 Å². The van der Waals surface area contributed by atoms with Crippen molar-refractivity contribution in [3.8, 4) is 17.1 Å². The lowest BCUT2D eigenvalue weighted by molar-refractivity contribution is -0.128. The summed E-state index contributed by atoms with van der Waals surface area (Å²) >= 11 is 0. The highest BCUT2D eigenvalue weighted by atomic mass is 16.5. The highest BCUT2D eigenvalue weighted by Crippen LogP contribution is 2.24. The smallest absolute Gasteiger partial charge is 0.246 e. The van der Waals surface area contributed by atoms with Crippen LogP contribution in [-0.2, 0) is 11.2 Å². The Morgan fingerprint density at radius 3 is 2.72 bits per heavy atom. The average molecular weight is 432 g/mol. The van der Waals surface area contributed by atoms with Crippen LogP contribution in [0.3, 0.4) is 0 Å². The van der Waals surface area contributed by atoms with E-state index in [0.29, 0.717) is 24.7 Å². The maximum absolute atomic E-state index is 13.1. The van der Waals surface area contributed by atoms with Crippen LogP contribution >= 0.6 is 0 Å². The first kappa shape index (κ1) is 21.8. The van der Waals surface area contributed by atoms with Gasteiger partial charge in [0.05, 0.1) is 7.11 Å². The second-order valence-electron chi connectivity index (χ2n) is 8.06. The Labute approximate surface area is 188 Å². The standard InChI is InChI=1S/C26H29N3O3/c1-31-23-14-8-11-21(19-23)26-27-24(32-28-26)17-18-29(22-12-6-3-7-13-22)25(30)16-15-20-9-4-2-5-10-20/h2,4-5,8-11,14-16,19,22H,3,6-7,12-13,17-18H2,1H3. The van der Waals surface area contributed by atoms with Crippen molar-refractivity contribution >= 4 is 12.0 Å². The molecule has 1 aromatic heterocycles. The van der Waals surface area contributed by atoms with Crippen molar-refractivity contribution < 1.29 is 14.1 Å². The lowest BCUT2D eigenvalue weighted by Crippen LogP contribution is -2.41. The van der Waals surface area contributed by atoms with Gasteiger partial charge in [-0.2, -0.15) is 4.98 Å². The number of methoxy groups -OCH3 is 1. The molecular weight excluding hydrogens is 402 g/mol. The van der Waals surface area contributed by atoms with E-state index >= 15 is 0 Å². The molecule has 2 aromatic carbocycles. The van der Waals surface area contributed by atoms with Crippen molar-refractivity contribution in [1.29, 1.82) is 0 Å². The zero-order chi connectivity index (χ0) is 22.2. The number of hydrogen-bond acceptors (Lipinski definition) is 5. The van der Waals surface area contributed by atoms with Crippen LogP contribution in [0.5, 0.6) is 5.75 Å². The molecule has 3 aromatic rings. The molecule has 0 unspecified atom stereocenters. The van der Waals surface area contributed by atoms with Crippen molar-refractivity contribution in [3.05, 3.63) is 72.1 Å². The Bertz CT molecular complexity index is 1040. The third-order valence-corrected chi connectivity index (χ3v) is 5.88. The molecule has 1 fully saturated rings. The van der Waals surface area contributed by atoms with E-state index in [1.54, 1.807) is 13.2 Å². The molecule has 0 spiro atoms. The molecule has 1 aliphatic rings. The Morgan fingerprint density at radius 2 is 1.94 bits per heavy atom. The summed E-state index contributed by atoms with van der Waals surface area (Å²) in [6.07, 6.45) is 9.75. The zero-order valence-electron chi connectivity index (χ0n) is 18.4. The van der Waals surface area contributed by atoms with Crippen molar-refractivity contribution in [3.63, 3.8) is 0 Å². The first-order valence-corrected chi connectivity index (χ1v) is 11.2. The summed E-state index contributed by atoms with van der Waals surface area (Å²) in [5.74, 6) is 1.84. The van der Waals surface area contributed by atoms with Crippen LogP contribution in [0.1, 0.15) is 43.6 Å². The highest BCUT2D eigenvalue weighted by molar-refractivity contribution is 5.92. The normalized spacial score (nSPS) is 14.5. The van der Waals surface area contributed by atoms with Crippen molar-refractivity contribution in [2.45, 2.75) is 44.6 Å². The Hall–Kier alpha value is -3.41. The molecule has 0 saturated heterocycles. The van der Waals surface area contributed by atoms with E-state index in [1.165, 1.54) is 6.42 Å². The van der Waals surface area contributed by atoms with E-state index in [-0.39, 0.29) is 11.9 Å². The van der Waals surface area contributed by atoms with Gasteiger partial charge in [0.25, 0.3) is 0 Å². The summed E-state index contributed by atoms with van der Waals surface area (Å²) in [5.41, 5.74) is 1.86. The summed E-state index contributed by atoms with van der Waals surface area (Å²) in [5, 5.41) is 4.11. The number of rotatable bonds is 8. The van der Waals surface area contributed by atoms with Gasteiger partial charge in [-0.3, -0.25) is 4.79 Å². The van der Waals surface area contributed by atoms with Gasteiger partial charge in [0.2, 0.25) is 17.6 Å². The first-order chi connectivity index (χ1) is 15.7. The predicted molar refractivity (Wildman–Crippen MR) is 124 cm³/mol. The second kappa shape index (κ2) is 10.8. The number of carbonyl (C=O) groups is 1. The quantitative estimate of drug-likeness (QED) is 0.461. The van der Waals surface area contributed by atoms with E-state index in [0.717, 1.165) is 42.6 Å². The maximum Gasteiger partial charge on any atom is 0.246 e. The molecule has 1 amide bonds. The molecule has 166 valence electrons. The minimum absolute atomic E-state index is 0.0355. The predicted octanol–water partition coefficient (Wildman–Crippen LogP) is 5.16. The molecule has 0 bridgehead atoms. The number of nitrogens with zero attached hydrogens (tertiary/aromatic N) is 3. The molecule has 0 atom stereocenters. The molecule has 4 rings (SSSR count). The van der Waals surface area contributed by atoms with Gasteiger partial charge < -0.3 is 14.2 Å². The molecule has 1 heterocycles. The fourth-order valence-corrected chi connectivity index (χ4v) is 4.14. The minimum Gasteiger partial charge on any atom is -0.497 e. The number of benzene rings is 2. The average Bonchev–Trinajstić information content (AvgIpc) is 3.33. The zero-order valence-corrected chi connectivity index (χ0v) is 18.4. The van der Waals surface area contributed by atoms with Crippen molar-refractivity contribution in [2.24, 2.45) is 0 Å². The van der Waals surface area contributed by atoms with Gasteiger partial charge in [0.15, 0.2) is 0 Å². The Balaban J connectivity index is 1.45. The number of ether oxygens (including phenoxy) is 1. The summed E-state index contributed by atoms with van der Waals surface area (Å²) in [4.78, 5) is 19.6. The number of amides is 1. The van der Waals surface area contributed by atoms with Gasteiger partial charge in [-0.25, -0.2) is 0 Å². The van der Waals surface area contributed by atoms with Crippen LogP contribution < -0.4 is 4.74 Å². The SMILES string of the molecule is COc1cccc(-c2noc(CCN(C(=O)C=Cc3ccccc3)C3CCCCC3)n2)c1. The number of aromatic nitrogens is 2. The van der Waals surface area contributed by atoms with E-state index in [2.05, 4.69) is 10.1 Å². The molecule has 0 radical (unpaired) electrons. The minimum atomic E-state index is 0.0355. The fourth-order valence-electron chi connectivity index (χ4n) is 4.14. The van der Waals surface area contributed by atoms with Crippen LogP contribution in [0.4, 0.5) is 0 Å². The van der Waals surface area contributed by atoms with Gasteiger partial charge in [-0.1, -0.05) is 66.9 Å². The summed E-state index contributed by atoms with van der Waals surface area (Å²) < 4.78 is 10.8. The molecule has 0 N–H and O–H groups in total. The van der Waals surface area contributed by atoms with Gasteiger partial charge in [0, 0.05) is 30.6 Å². The van der Waals surface area contributed by atoms with E-state index in [9.17, 15) is 4.79 Å². The molecule has 6 nitrogen and oxygen atoms in total. The Kier molecular flexibility index (Phi) is 7.33. The van der Waals surface area contributed by atoms with Gasteiger partial charge in [0.1, 0.15) is 5.75 Å². The summed E-state index contributed by atoms with van der Waals surface area (Å²) in [6.45, 7) is 0.558. The lowest BCUT2D eigenvalue weighted by Gasteiger charge is -2.33. The summed E-state index contributed by atoms with van der Waals surface area (Å²) in [7, 11) is 1.63. The lowest BCUT2D eigenvalue weighted by atomic mass is 9.94. The van der Waals surface area contributed by atoms with Gasteiger partial charge in [-0.15, -0.1) is 0 Å². The third kappa shape index (κ3) is 5.63. The highest BCUT2D eigenvalue weighted by Gasteiger charge is 2.24. The van der Waals surface area contributed by atoms with Crippen molar-refractivity contribution in [2.75, 3.05) is 13.7 Å². The van der Waals surface area contributed by atoms with E-state index in [1.807, 2.05) is 65.6 Å². The molecule has 1 saturated carbocycles. The monoisotopic (exact) mass is 431 g/mol. The van der Waals surface area contributed by atoms with Crippen LogP contribution in [0.25, 0.3) is 17.5 Å². The summed E-state index contributed by atoms with van der Waals surface area (Å²) in [6, 6.07) is 17.7. The van der Waals surface area contributed by atoms with Crippen LogP contribution in [0, 0.1) is 0 Å². The topological polar surface area (TPSA) is 68.5 Å². The second-order valence-corrected chi connectivity index (χ2v) is 8.06. The van der Waals surface area contributed by atoms with Crippen molar-refractivity contribution in [1.82, 2.24) is 15.0 Å². The fraction of sp³-hybridized carbons (Fsp3) is 0.346. The Morgan fingerprint density at radius 1 is 1.12 bits per heavy atom. The largest absolute Gasteiger partial charge is 0.497 e. The van der Waals surface area contributed by atoms with E-state index in [4.69, 9.17) is 9.26 Å². The molecular formula is C26H29N3O3. The number of hydrogen-bond donors (Lipinski definition) is 0. The van der Waals surface area contributed by atoms with Gasteiger partial charge >= 0.3 is 0 Å². The van der Waals surface area contributed by atoms with Crippen LogP contribution in [0.15, 0.2) is 65.2 Å². The van der Waals surface area contributed by atoms with Crippen LogP contribution in [0.2, 0.25) is 0 Å². The molecule has 6 heteroatoms. The first-order valence-electron chi connectivity index (χ1n) is 11.2. The molecule has 0 aliphatic heterocycles.